The van der Waals surface area contributed by atoms with Gasteiger partial charge in [-0.1, -0.05) is 0 Å². The molecular weight excluding hydrogens is 409 g/mol. The van der Waals surface area contributed by atoms with E-state index in [0.717, 1.165) is 62.3 Å². The van der Waals surface area contributed by atoms with E-state index in [1.807, 2.05) is 23.1 Å². The molecule has 0 N–H and O–H groups in total. The number of likely N-dealkylation sites (N-methyl/N-ethyl adjacent to an activating group) is 1. The highest BCUT2D eigenvalue weighted by molar-refractivity contribution is 7.21. The molecule has 0 unspecified atom stereocenters. The molecule has 0 bridgehead atoms. The van der Waals surface area contributed by atoms with Crippen LogP contribution in [0.2, 0.25) is 0 Å². The first-order valence-electron chi connectivity index (χ1n) is 10.4. The van der Waals surface area contributed by atoms with Gasteiger partial charge in [0, 0.05) is 30.9 Å². The van der Waals surface area contributed by atoms with Crippen LogP contribution in [-0.4, -0.2) is 56.2 Å². The minimum Gasteiger partial charge on any atom is -0.371 e. The SMILES string of the molecule is CN1CC[N+](=c2ccc3nc4c(C(F)(F)F)cc(N5CCCC5)cc4sc-3c2)CC1. The van der Waals surface area contributed by atoms with Crippen LogP contribution < -0.4 is 14.8 Å². The Balaban J connectivity index is 1.69. The second-order valence-electron chi connectivity index (χ2n) is 8.19. The molecule has 0 atom stereocenters. The van der Waals surface area contributed by atoms with Gasteiger partial charge >= 0.3 is 6.18 Å². The summed E-state index contributed by atoms with van der Waals surface area (Å²) in [4.78, 5) is 9.72. The van der Waals surface area contributed by atoms with Crippen molar-refractivity contribution in [1.29, 1.82) is 0 Å². The Bertz CT molecular complexity index is 1120. The lowest BCUT2D eigenvalue weighted by molar-refractivity contribution is -0.136. The minimum absolute atomic E-state index is 0.0512. The van der Waals surface area contributed by atoms with Gasteiger partial charge in [0.25, 0.3) is 0 Å². The Morgan fingerprint density at radius 2 is 1.73 bits per heavy atom. The zero-order chi connectivity index (χ0) is 20.9. The zero-order valence-electron chi connectivity index (χ0n) is 16.9. The summed E-state index contributed by atoms with van der Waals surface area (Å²) >= 11 is 1.41. The maximum Gasteiger partial charge on any atom is 0.418 e. The van der Waals surface area contributed by atoms with Crippen molar-refractivity contribution < 1.29 is 13.2 Å². The van der Waals surface area contributed by atoms with Gasteiger partial charge in [-0.05, 0) is 38.1 Å². The van der Waals surface area contributed by atoms with Gasteiger partial charge in [0.1, 0.15) is 0 Å². The second kappa shape index (κ2) is 7.50. The molecule has 3 heterocycles. The lowest BCUT2D eigenvalue weighted by Crippen LogP contribution is -2.46. The molecule has 0 aromatic heterocycles. The third-order valence-corrected chi connectivity index (χ3v) is 7.18. The van der Waals surface area contributed by atoms with Crippen molar-refractivity contribution >= 4 is 27.2 Å². The quantitative estimate of drug-likeness (QED) is 0.431. The lowest BCUT2D eigenvalue weighted by Gasteiger charge is -2.21. The summed E-state index contributed by atoms with van der Waals surface area (Å²) < 4.78 is 44.5. The molecule has 4 aliphatic rings. The van der Waals surface area contributed by atoms with Gasteiger partial charge in [-0.3, -0.25) is 4.90 Å². The van der Waals surface area contributed by atoms with Crippen LogP contribution in [0.15, 0.2) is 30.3 Å². The van der Waals surface area contributed by atoms with Gasteiger partial charge in [-0.2, -0.15) is 13.2 Å². The molecule has 0 radical (unpaired) electrons. The van der Waals surface area contributed by atoms with Crippen LogP contribution in [0.1, 0.15) is 18.4 Å². The lowest BCUT2D eigenvalue weighted by atomic mass is 10.1. The summed E-state index contributed by atoms with van der Waals surface area (Å²) in [6, 6.07) is 9.07. The monoisotopic (exact) mass is 433 g/mol. The molecule has 0 spiro atoms. The Kier molecular flexibility index (Phi) is 4.94. The predicted octanol–water partition coefficient (Wildman–Crippen LogP) is 3.74. The van der Waals surface area contributed by atoms with Gasteiger partial charge in [0.15, 0.2) is 13.1 Å². The Hall–Kier alpha value is -2.19. The van der Waals surface area contributed by atoms with Crippen LogP contribution in [0.25, 0.3) is 20.8 Å². The molecule has 4 nitrogen and oxygen atoms in total. The molecule has 1 aromatic rings. The van der Waals surface area contributed by atoms with Crippen LogP contribution in [0.5, 0.6) is 0 Å². The van der Waals surface area contributed by atoms with Crippen molar-refractivity contribution in [1.82, 2.24) is 14.5 Å². The van der Waals surface area contributed by atoms with Crippen molar-refractivity contribution in [2.24, 2.45) is 0 Å². The van der Waals surface area contributed by atoms with Crippen molar-refractivity contribution in [3.8, 4) is 10.6 Å². The van der Waals surface area contributed by atoms with E-state index >= 15 is 0 Å². The number of piperazine rings is 1. The summed E-state index contributed by atoms with van der Waals surface area (Å²) in [6.07, 6.45) is -2.39. The topological polar surface area (TPSA) is 22.4 Å². The van der Waals surface area contributed by atoms with Gasteiger partial charge in [0.2, 0.25) is 5.36 Å². The smallest absolute Gasteiger partial charge is 0.371 e. The molecule has 5 rings (SSSR count). The number of rotatable bonds is 1. The molecule has 1 aromatic carbocycles. The Morgan fingerprint density at radius 1 is 1.00 bits per heavy atom. The van der Waals surface area contributed by atoms with Crippen LogP contribution in [0, 0.1) is 0 Å². The number of alkyl halides is 3. The molecule has 8 heteroatoms. The second-order valence-corrected chi connectivity index (χ2v) is 9.27. The van der Waals surface area contributed by atoms with Crippen LogP contribution in [-0.2, 0) is 6.18 Å². The maximum absolute atomic E-state index is 13.9. The van der Waals surface area contributed by atoms with E-state index in [1.54, 1.807) is 0 Å². The number of hydrogen-bond donors (Lipinski definition) is 0. The fourth-order valence-electron chi connectivity index (χ4n) is 4.34. The van der Waals surface area contributed by atoms with E-state index in [0.29, 0.717) is 16.1 Å². The largest absolute Gasteiger partial charge is 0.418 e. The van der Waals surface area contributed by atoms with E-state index in [-0.39, 0.29) is 5.52 Å². The van der Waals surface area contributed by atoms with E-state index < -0.39 is 11.7 Å². The highest BCUT2D eigenvalue weighted by Crippen LogP contribution is 2.41. The molecule has 0 saturated carbocycles. The number of fused-ring (bicyclic) bond motifs is 2. The number of benzene rings is 2. The Morgan fingerprint density at radius 3 is 2.43 bits per heavy atom. The van der Waals surface area contributed by atoms with Crippen molar-refractivity contribution in [3.05, 3.63) is 41.3 Å². The molecule has 3 aliphatic heterocycles. The Labute approximate surface area is 177 Å². The number of hydrogen-bond acceptors (Lipinski definition) is 4. The van der Waals surface area contributed by atoms with Crippen LogP contribution in [0.3, 0.4) is 0 Å². The van der Waals surface area contributed by atoms with Crippen LogP contribution >= 0.6 is 11.3 Å². The standard InChI is InChI=1S/C22H24F3N4S/c1-27-8-10-29(11-9-27)15-4-5-18-19(13-15)30-20-14-16(28-6-2-3-7-28)12-17(21(20)26-18)22(23,24)25/h4-5,12-14H,2-3,6-11H2,1H3/q+1. The first kappa shape index (κ1) is 19.8. The van der Waals surface area contributed by atoms with E-state index in [4.69, 9.17) is 0 Å². The van der Waals surface area contributed by atoms with Gasteiger partial charge in [0.05, 0.1) is 39.4 Å². The third kappa shape index (κ3) is 3.67. The summed E-state index contributed by atoms with van der Waals surface area (Å²) in [5.74, 6) is 0. The van der Waals surface area contributed by atoms with Gasteiger partial charge in [-0.25, -0.2) is 9.56 Å². The first-order valence-corrected chi connectivity index (χ1v) is 11.2. The summed E-state index contributed by atoms with van der Waals surface area (Å²) in [5, 5.41) is 1.11. The molecule has 2 saturated heterocycles. The third-order valence-electron chi connectivity index (χ3n) is 6.10. The van der Waals surface area contributed by atoms with Crippen molar-refractivity contribution in [3.63, 3.8) is 0 Å². The number of halogens is 3. The normalized spacial score (nSPS) is 18.7. The molecule has 0 amide bonds. The summed E-state index contributed by atoms with van der Waals surface area (Å²) in [7, 11) is 2.12. The molecular formula is C22H24F3N4S+. The maximum atomic E-state index is 13.9. The highest BCUT2D eigenvalue weighted by Gasteiger charge is 2.35. The highest BCUT2D eigenvalue weighted by atomic mass is 32.1. The number of aromatic nitrogens is 1. The van der Waals surface area contributed by atoms with Crippen LogP contribution in [0.4, 0.5) is 18.9 Å². The average molecular weight is 434 g/mol. The fourth-order valence-corrected chi connectivity index (χ4v) is 5.40. The minimum atomic E-state index is -4.43. The molecule has 158 valence electrons. The molecule has 30 heavy (non-hydrogen) atoms. The molecule has 1 aliphatic carbocycles. The van der Waals surface area contributed by atoms with E-state index in [1.165, 1.54) is 17.4 Å². The predicted molar refractivity (Wildman–Crippen MR) is 115 cm³/mol. The van der Waals surface area contributed by atoms with Crippen molar-refractivity contribution in [2.45, 2.75) is 19.0 Å². The van der Waals surface area contributed by atoms with Gasteiger partial charge < -0.3 is 4.90 Å². The molecule has 2 fully saturated rings. The van der Waals surface area contributed by atoms with E-state index in [2.05, 4.69) is 27.6 Å². The van der Waals surface area contributed by atoms with Gasteiger partial charge in [-0.15, -0.1) is 11.3 Å². The summed E-state index contributed by atoms with van der Waals surface area (Å²) in [5.41, 5.74) is 0.684. The average Bonchev–Trinajstić information content (AvgIpc) is 3.26. The number of nitrogens with zero attached hydrogens (tertiary/aromatic N) is 4. The number of anilines is 1. The zero-order valence-corrected chi connectivity index (χ0v) is 17.7. The first-order chi connectivity index (χ1) is 14.4. The fraction of sp³-hybridized carbons (Fsp3) is 0.455. The summed E-state index contributed by atoms with van der Waals surface area (Å²) in [6.45, 7) is 5.53. The van der Waals surface area contributed by atoms with E-state index in [9.17, 15) is 13.2 Å². The van der Waals surface area contributed by atoms with Crippen molar-refractivity contribution in [2.75, 3.05) is 51.2 Å².